The number of carbonyl (C=O) groups is 3. The van der Waals surface area contributed by atoms with Crippen molar-refractivity contribution in [2.45, 2.75) is 19.8 Å². The van der Waals surface area contributed by atoms with Crippen molar-refractivity contribution in [1.82, 2.24) is 10.2 Å². The third kappa shape index (κ3) is 6.59. The Kier molecular flexibility index (Phi) is 7.66. The molecule has 148 valence electrons. The van der Waals surface area contributed by atoms with Gasteiger partial charge in [-0.1, -0.05) is 0 Å². The Bertz CT molecular complexity index is 691. The van der Waals surface area contributed by atoms with E-state index in [4.69, 9.17) is 4.74 Å². The molecular formula is C18H23F2N3O4. The fourth-order valence-electron chi connectivity index (χ4n) is 2.80. The van der Waals surface area contributed by atoms with E-state index in [2.05, 4.69) is 10.6 Å². The summed E-state index contributed by atoms with van der Waals surface area (Å²) < 4.78 is 30.9. The third-order valence-corrected chi connectivity index (χ3v) is 4.22. The summed E-state index contributed by atoms with van der Waals surface area (Å²) in [7, 11) is 0. The highest BCUT2D eigenvalue weighted by atomic mass is 19.2. The summed E-state index contributed by atoms with van der Waals surface area (Å²) in [5, 5.41) is 4.85. The number of carbonyl (C=O) groups excluding carboxylic acids is 3. The van der Waals surface area contributed by atoms with E-state index in [1.807, 2.05) is 4.90 Å². The standard InChI is InChI=1S/C18H23F2N3O4/c1-2-27-18(26)12-5-7-23(8-6-12)11-17(25)21-10-16(24)22-13-3-4-14(19)15(20)9-13/h3-4,9,12H,2,5-8,10-11H2,1H3,(H,21,25)(H,22,24). The molecule has 0 atom stereocenters. The smallest absolute Gasteiger partial charge is 0.309 e. The van der Waals surface area contributed by atoms with Gasteiger partial charge in [0, 0.05) is 11.8 Å². The SMILES string of the molecule is CCOC(=O)C1CCN(CC(=O)NCC(=O)Nc2ccc(F)c(F)c2)CC1. The normalized spacial score (nSPS) is 15.2. The first-order chi connectivity index (χ1) is 12.9. The topological polar surface area (TPSA) is 87.7 Å². The molecule has 2 N–H and O–H groups in total. The molecule has 1 saturated heterocycles. The van der Waals surface area contributed by atoms with Gasteiger partial charge in [0.25, 0.3) is 0 Å². The Balaban J connectivity index is 1.68. The Hall–Kier alpha value is -2.55. The van der Waals surface area contributed by atoms with Gasteiger partial charge in [-0.25, -0.2) is 8.78 Å². The lowest BCUT2D eigenvalue weighted by molar-refractivity contribution is -0.149. The molecule has 0 saturated carbocycles. The van der Waals surface area contributed by atoms with Gasteiger partial charge in [-0.3, -0.25) is 19.3 Å². The first-order valence-electron chi connectivity index (χ1n) is 8.79. The number of benzene rings is 1. The lowest BCUT2D eigenvalue weighted by Crippen LogP contribution is -2.44. The van der Waals surface area contributed by atoms with Crippen LogP contribution in [0.4, 0.5) is 14.5 Å². The highest BCUT2D eigenvalue weighted by molar-refractivity contribution is 5.94. The van der Waals surface area contributed by atoms with E-state index in [0.29, 0.717) is 32.5 Å². The summed E-state index contributed by atoms with van der Waals surface area (Å²) in [5.74, 6) is -3.28. The second-order valence-corrected chi connectivity index (χ2v) is 6.26. The third-order valence-electron chi connectivity index (χ3n) is 4.22. The molecule has 0 aromatic heterocycles. The van der Waals surface area contributed by atoms with E-state index in [0.717, 1.165) is 12.1 Å². The van der Waals surface area contributed by atoms with Crippen molar-refractivity contribution < 1.29 is 27.9 Å². The molecule has 1 aliphatic rings. The minimum atomic E-state index is -1.07. The minimum Gasteiger partial charge on any atom is -0.466 e. The molecule has 7 nitrogen and oxygen atoms in total. The number of amides is 2. The van der Waals surface area contributed by atoms with Crippen molar-refractivity contribution in [2.24, 2.45) is 5.92 Å². The molecule has 1 aliphatic heterocycles. The summed E-state index contributed by atoms with van der Waals surface area (Å²) in [6.07, 6.45) is 1.26. The number of nitrogens with zero attached hydrogens (tertiary/aromatic N) is 1. The van der Waals surface area contributed by atoms with Crippen LogP contribution in [0.2, 0.25) is 0 Å². The maximum atomic E-state index is 13.1. The predicted molar refractivity (Wildman–Crippen MR) is 93.8 cm³/mol. The molecule has 1 aromatic rings. The van der Waals surface area contributed by atoms with Gasteiger partial charge in [0.1, 0.15) is 0 Å². The first kappa shape index (κ1) is 20.8. The van der Waals surface area contributed by atoms with Crippen LogP contribution in [-0.4, -0.2) is 55.5 Å². The zero-order valence-corrected chi connectivity index (χ0v) is 15.1. The monoisotopic (exact) mass is 383 g/mol. The fraction of sp³-hybridized carbons (Fsp3) is 0.500. The Morgan fingerprint density at radius 2 is 1.85 bits per heavy atom. The number of esters is 1. The Morgan fingerprint density at radius 1 is 1.15 bits per heavy atom. The van der Waals surface area contributed by atoms with E-state index in [9.17, 15) is 23.2 Å². The molecule has 9 heteroatoms. The quantitative estimate of drug-likeness (QED) is 0.693. The van der Waals surface area contributed by atoms with Crippen LogP contribution in [-0.2, 0) is 19.1 Å². The molecule has 1 fully saturated rings. The fourth-order valence-corrected chi connectivity index (χ4v) is 2.80. The van der Waals surface area contributed by atoms with Crippen LogP contribution < -0.4 is 10.6 Å². The molecule has 0 unspecified atom stereocenters. The van der Waals surface area contributed by atoms with Gasteiger partial charge < -0.3 is 15.4 Å². The van der Waals surface area contributed by atoms with E-state index in [-0.39, 0.29) is 36.6 Å². The van der Waals surface area contributed by atoms with Gasteiger partial charge in [-0.15, -0.1) is 0 Å². The number of nitrogens with one attached hydrogen (secondary N) is 2. The van der Waals surface area contributed by atoms with Crippen molar-refractivity contribution in [3.05, 3.63) is 29.8 Å². The van der Waals surface area contributed by atoms with Crippen LogP contribution in [0.5, 0.6) is 0 Å². The molecule has 0 bridgehead atoms. The summed E-state index contributed by atoms with van der Waals surface area (Å²) in [6.45, 7) is 3.15. The van der Waals surface area contributed by atoms with Crippen LogP contribution in [0.3, 0.4) is 0 Å². The molecule has 27 heavy (non-hydrogen) atoms. The second-order valence-electron chi connectivity index (χ2n) is 6.26. The van der Waals surface area contributed by atoms with Crippen molar-refractivity contribution in [2.75, 3.05) is 38.1 Å². The first-order valence-corrected chi connectivity index (χ1v) is 8.79. The Morgan fingerprint density at radius 3 is 2.48 bits per heavy atom. The lowest BCUT2D eigenvalue weighted by Gasteiger charge is -2.30. The predicted octanol–water partition coefficient (Wildman–Crippen LogP) is 1.29. The van der Waals surface area contributed by atoms with E-state index in [1.165, 1.54) is 6.07 Å². The number of rotatable bonds is 7. The number of anilines is 1. The molecule has 0 spiro atoms. The number of likely N-dealkylation sites (tertiary alicyclic amines) is 1. The van der Waals surface area contributed by atoms with Gasteiger partial charge >= 0.3 is 5.97 Å². The molecule has 0 aliphatic carbocycles. The summed E-state index contributed by atoms with van der Waals surface area (Å²) in [4.78, 5) is 37.3. The van der Waals surface area contributed by atoms with Gasteiger partial charge in [0.2, 0.25) is 11.8 Å². The molecule has 2 amide bonds. The second kappa shape index (κ2) is 9.96. The molecule has 0 radical (unpaired) electrons. The number of ether oxygens (including phenoxy) is 1. The van der Waals surface area contributed by atoms with Crippen molar-refractivity contribution >= 4 is 23.5 Å². The maximum absolute atomic E-state index is 13.1. The number of halogens is 2. The lowest BCUT2D eigenvalue weighted by atomic mass is 9.97. The highest BCUT2D eigenvalue weighted by Crippen LogP contribution is 2.18. The zero-order valence-electron chi connectivity index (χ0n) is 15.1. The summed E-state index contributed by atoms with van der Waals surface area (Å²) in [5.41, 5.74) is 0.106. The summed E-state index contributed by atoms with van der Waals surface area (Å²) >= 11 is 0. The van der Waals surface area contributed by atoms with Crippen LogP contribution in [0.15, 0.2) is 18.2 Å². The molecule has 1 heterocycles. The van der Waals surface area contributed by atoms with Crippen molar-refractivity contribution in [3.63, 3.8) is 0 Å². The zero-order chi connectivity index (χ0) is 19.8. The minimum absolute atomic E-state index is 0.106. The molecule has 2 rings (SSSR count). The van der Waals surface area contributed by atoms with Gasteiger partial charge in [-0.05, 0) is 45.0 Å². The van der Waals surface area contributed by atoms with Crippen molar-refractivity contribution in [3.8, 4) is 0 Å². The van der Waals surface area contributed by atoms with Crippen molar-refractivity contribution in [1.29, 1.82) is 0 Å². The average molecular weight is 383 g/mol. The molecular weight excluding hydrogens is 360 g/mol. The largest absolute Gasteiger partial charge is 0.466 e. The van der Waals surface area contributed by atoms with Crippen LogP contribution >= 0.6 is 0 Å². The van der Waals surface area contributed by atoms with Gasteiger partial charge in [-0.2, -0.15) is 0 Å². The number of piperidine rings is 1. The maximum Gasteiger partial charge on any atom is 0.309 e. The van der Waals surface area contributed by atoms with Gasteiger partial charge in [0.05, 0.1) is 25.6 Å². The molecule has 1 aromatic carbocycles. The van der Waals surface area contributed by atoms with E-state index in [1.54, 1.807) is 6.92 Å². The van der Waals surface area contributed by atoms with Crippen LogP contribution in [0, 0.1) is 17.6 Å². The van der Waals surface area contributed by atoms with Crippen LogP contribution in [0.25, 0.3) is 0 Å². The summed E-state index contributed by atoms with van der Waals surface area (Å²) in [6, 6.07) is 3.00. The van der Waals surface area contributed by atoms with E-state index < -0.39 is 17.5 Å². The van der Waals surface area contributed by atoms with Gasteiger partial charge in [0.15, 0.2) is 11.6 Å². The Labute approximate surface area is 156 Å². The highest BCUT2D eigenvalue weighted by Gasteiger charge is 2.26. The number of hydrogen-bond donors (Lipinski definition) is 2. The van der Waals surface area contributed by atoms with Crippen LogP contribution in [0.1, 0.15) is 19.8 Å². The average Bonchev–Trinajstić information content (AvgIpc) is 2.64. The number of hydrogen-bond acceptors (Lipinski definition) is 5. The van der Waals surface area contributed by atoms with E-state index >= 15 is 0 Å².